The largest absolute Gasteiger partial charge is 0.493 e. The van der Waals surface area contributed by atoms with E-state index in [4.69, 9.17) is 14.5 Å². The van der Waals surface area contributed by atoms with E-state index < -0.39 is 0 Å². The first-order valence-corrected chi connectivity index (χ1v) is 11.5. The Morgan fingerprint density at radius 2 is 1.59 bits per heavy atom. The molecule has 1 heterocycles. The van der Waals surface area contributed by atoms with Crippen LogP contribution in [0.5, 0.6) is 11.5 Å². The quantitative estimate of drug-likeness (QED) is 0.258. The molecule has 0 aliphatic heterocycles. The third-order valence-corrected chi connectivity index (χ3v) is 5.70. The second kappa shape index (κ2) is 10.4. The number of hydrogen-bond donors (Lipinski definition) is 0. The van der Waals surface area contributed by atoms with Crippen molar-refractivity contribution in [2.45, 2.75) is 52.7 Å². The van der Waals surface area contributed by atoms with Crippen LogP contribution in [-0.4, -0.2) is 16.2 Å². The molecule has 0 aliphatic carbocycles. The maximum atomic E-state index is 6.10. The zero-order chi connectivity index (χ0) is 22.3. The molecule has 0 spiro atoms. The average Bonchev–Trinajstić information content (AvgIpc) is 3.16. The van der Waals surface area contributed by atoms with Gasteiger partial charge in [0, 0.05) is 6.54 Å². The summed E-state index contributed by atoms with van der Waals surface area (Å²) in [5, 5.41) is 0. The van der Waals surface area contributed by atoms with E-state index in [0.717, 1.165) is 47.7 Å². The van der Waals surface area contributed by atoms with Crippen molar-refractivity contribution in [3.05, 3.63) is 89.7 Å². The van der Waals surface area contributed by atoms with E-state index in [-0.39, 0.29) is 0 Å². The van der Waals surface area contributed by atoms with E-state index in [1.165, 1.54) is 11.1 Å². The number of aryl methyl sites for hydroxylation is 2. The summed E-state index contributed by atoms with van der Waals surface area (Å²) in [7, 11) is 0. The fourth-order valence-corrected chi connectivity index (χ4v) is 3.91. The fourth-order valence-electron chi connectivity index (χ4n) is 3.91. The number of benzene rings is 3. The van der Waals surface area contributed by atoms with Gasteiger partial charge in [-0.15, -0.1) is 0 Å². The highest BCUT2D eigenvalue weighted by molar-refractivity contribution is 5.75. The van der Waals surface area contributed by atoms with Crippen molar-refractivity contribution in [2.24, 2.45) is 0 Å². The van der Waals surface area contributed by atoms with Crippen molar-refractivity contribution in [2.75, 3.05) is 6.61 Å². The smallest absolute Gasteiger partial charge is 0.147 e. The number of hydrogen-bond acceptors (Lipinski definition) is 3. The van der Waals surface area contributed by atoms with Gasteiger partial charge in [0.1, 0.15) is 23.9 Å². The van der Waals surface area contributed by atoms with Crippen molar-refractivity contribution >= 4 is 11.0 Å². The van der Waals surface area contributed by atoms with Gasteiger partial charge in [0.25, 0.3) is 0 Å². The number of aromatic nitrogens is 2. The summed E-state index contributed by atoms with van der Waals surface area (Å²) in [6, 6.07) is 24.8. The molecule has 0 saturated carbocycles. The summed E-state index contributed by atoms with van der Waals surface area (Å²) in [5.41, 5.74) is 4.66. The summed E-state index contributed by atoms with van der Waals surface area (Å²) < 4.78 is 14.4. The van der Waals surface area contributed by atoms with Gasteiger partial charge in [0.05, 0.1) is 17.6 Å². The highest BCUT2D eigenvalue weighted by Gasteiger charge is 2.11. The molecule has 0 unspecified atom stereocenters. The van der Waals surface area contributed by atoms with Gasteiger partial charge in [-0.1, -0.05) is 61.9 Å². The van der Waals surface area contributed by atoms with Gasteiger partial charge < -0.3 is 14.0 Å². The van der Waals surface area contributed by atoms with Crippen molar-refractivity contribution in [1.82, 2.24) is 9.55 Å². The van der Waals surface area contributed by atoms with Crippen LogP contribution in [0, 0.1) is 6.92 Å². The Morgan fingerprint density at radius 3 is 2.41 bits per heavy atom. The topological polar surface area (TPSA) is 36.3 Å². The molecule has 0 aliphatic rings. The van der Waals surface area contributed by atoms with Crippen molar-refractivity contribution in [1.29, 1.82) is 0 Å². The Hall–Kier alpha value is -3.27. The number of para-hydroxylation sites is 3. The lowest BCUT2D eigenvalue weighted by molar-refractivity contribution is 0.284. The summed E-state index contributed by atoms with van der Waals surface area (Å²) in [5.74, 6) is 3.28. The first kappa shape index (κ1) is 21.9. The second-order valence-electron chi connectivity index (χ2n) is 8.52. The van der Waals surface area contributed by atoms with Gasteiger partial charge >= 0.3 is 0 Å². The van der Waals surface area contributed by atoms with Gasteiger partial charge in [0.15, 0.2) is 0 Å². The number of imidazole rings is 1. The summed E-state index contributed by atoms with van der Waals surface area (Å²) in [6.07, 6.45) is 2.00. The highest BCUT2D eigenvalue weighted by atomic mass is 16.5. The molecular formula is C28H32N2O2. The van der Waals surface area contributed by atoms with Gasteiger partial charge in [-0.25, -0.2) is 4.98 Å². The second-order valence-corrected chi connectivity index (χ2v) is 8.52. The molecule has 0 bridgehead atoms. The SMILES string of the molecule is Cc1ccc(OCc2nc3ccccc3n2CCCCOc2ccccc2C(C)C)cc1. The Labute approximate surface area is 190 Å². The first-order chi connectivity index (χ1) is 15.6. The van der Waals surface area contributed by atoms with Crippen molar-refractivity contribution < 1.29 is 9.47 Å². The first-order valence-electron chi connectivity index (χ1n) is 11.5. The lowest BCUT2D eigenvalue weighted by Gasteiger charge is -2.14. The molecule has 0 fully saturated rings. The molecule has 1 aromatic heterocycles. The fraction of sp³-hybridized carbons (Fsp3) is 0.321. The lowest BCUT2D eigenvalue weighted by Crippen LogP contribution is -2.09. The van der Waals surface area contributed by atoms with Gasteiger partial charge in [0.2, 0.25) is 0 Å². The van der Waals surface area contributed by atoms with E-state index in [9.17, 15) is 0 Å². The number of nitrogens with zero attached hydrogens (tertiary/aromatic N) is 2. The van der Waals surface area contributed by atoms with Crippen LogP contribution < -0.4 is 9.47 Å². The summed E-state index contributed by atoms with van der Waals surface area (Å²) in [4.78, 5) is 4.83. The molecule has 4 heteroatoms. The third kappa shape index (κ3) is 5.31. The van der Waals surface area contributed by atoms with E-state index in [1.54, 1.807) is 0 Å². The van der Waals surface area contributed by atoms with Crippen molar-refractivity contribution in [3.8, 4) is 11.5 Å². The maximum absolute atomic E-state index is 6.10. The lowest BCUT2D eigenvalue weighted by atomic mass is 10.0. The van der Waals surface area contributed by atoms with Crippen LogP contribution in [0.25, 0.3) is 11.0 Å². The Morgan fingerprint density at radius 1 is 0.844 bits per heavy atom. The predicted octanol–water partition coefficient (Wildman–Crippen LogP) is 6.91. The Kier molecular flexibility index (Phi) is 7.10. The average molecular weight is 429 g/mol. The molecule has 0 atom stereocenters. The molecule has 4 nitrogen and oxygen atoms in total. The Bertz CT molecular complexity index is 1150. The van der Waals surface area contributed by atoms with Gasteiger partial charge in [-0.3, -0.25) is 0 Å². The standard InChI is InChI=1S/C28H32N2O2/c1-21(2)24-10-4-7-13-27(24)31-19-9-8-18-30-26-12-6-5-11-25(26)29-28(30)20-32-23-16-14-22(3)15-17-23/h4-7,10-17,21H,8-9,18-20H2,1-3H3. The molecule has 166 valence electrons. The molecule has 0 N–H and O–H groups in total. The molecule has 4 aromatic rings. The maximum Gasteiger partial charge on any atom is 0.147 e. The molecule has 32 heavy (non-hydrogen) atoms. The summed E-state index contributed by atoms with van der Waals surface area (Å²) >= 11 is 0. The minimum atomic E-state index is 0.454. The van der Waals surface area contributed by atoms with Gasteiger partial charge in [-0.05, 0) is 61.6 Å². The molecule has 0 radical (unpaired) electrons. The molecular weight excluding hydrogens is 396 g/mol. The van der Waals surface area contributed by atoms with E-state index in [2.05, 4.69) is 73.9 Å². The number of unbranched alkanes of at least 4 members (excludes halogenated alkanes) is 1. The zero-order valence-corrected chi connectivity index (χ0v) is 19.3. The van der Waals surface area contributed by atoms with Crippen LogP contribution in [-0.2, 0) is 13.2 Å². The van der Waals surface area contributed by atoms with Crippen LogP contribution in [0.15, 0.2) is 72.8 Å². The van der Waals surface area contributed by atoms with E-state index >= 15 is 0 Å². The van der Waals surface area contributed by atoms with Crippen LogP contribution >= 0.6 is 0 Å². The number of rotatable bonds is 10. The van der Waals surface area contributed by atoms with Crippen LogP contribution in [0.2, 0.25) is 0 Å². The normalized spacial score (nSPS) is 11.2. The number of fused-ring (bicyclic) bond motifs is 1. The monoisotopic (exact) mass is 428 g/mol. The van der Waals surface area contributed by atoms with E-state index in [1.807, 2.05) is 24.3 Å². The van der Waals surface area contributed by atoms with Crippen LogP contribution in [0.3, 0.4) is 0 Å². The molecule has 0 amide bonds. The van der Waals surface area contributed by atoms with Crippen molar-refractivity contribution in [3.63, 3.8) is 0 Å². The predicted molar refractivity (Wildman–Crippen MR) is 131 cm³/mol. The molecule has 3 aromatic carbocycles. The number of ether oxygens (including phenoxy) is 2. The zero-order valence-electron chi connectivity index (χ0n) is 19.3. The minimum Gasteiger partial charge on any atom is -0.493 e. The highest BCUT2D eigenvalue weighted by Crippen LogP contribution is 2.26. The van der Waals surface area contributed by atoms with Crippen LogP contribution in [0.4, 0.5) is 0 Å². The minimum absolute atomic E-state index is 0.454. The summed E-state index contributed by atoms with van der Waals surface area (Å²) in [6.45, 7) is 8.54. The molecule has 0 saturated heterocycles. The van der Waals surface area contributed by atoms with E-state index in [0.29, 0.717) is 19.1 Å². The van der Waals surface area contributed by atoms with Gasteiger partial charge in [-0.2, -0.15) is 0 Å². The van der Waals surface area contributed by atoms with Crippen LogP contribution in [0.1, 0.15) is 49.6 Å². The molecule has 4 rings (SSSR count). The Balaban J connectivity index is 1.38. The third-order valence-electron chi connectivity index (χ3n) is 5.70.